The van der Waals surface area contributed by atoms with Gasteiger partial charge < -0.3 is 21.5 Å². The number of nitrogens with one attached hydrogen (secondary N) is 2. The monoisotopic (exact) mass is 451 g/mol. The van der Waals surface area contributed by atoms with Crippen LogP contribution in [0.4, 0.5) is 0 Å². The Morgan fingerprint density at radius 2 is 1.53 bits per heavy atom. The fraction of sp³-hybridized carbons (Fsp3) is 0.286. The maximum Gasteiger partial charge on any atom is 0.330 e. The summed E-state index contributed by atoms with van der Waals surface area (Å²) in [7, 11) is 0. The summed E-state index contributed by atoms with van der Waals surface area (Å²) in [4.78, 5) is 36.6. The molecule has 1 atom stereocenters. The second kappa shape index (κ2) is 9.04. The number of nitrogens with two attached hydrogens (primary N) is 1. The number of carbonyl (C=O) groups excluding carboxylic acids is 2. The summed E-state index contributed by atoms with van der Waals surface area (Å²) >= 11 is 12.6. The molecule has 5 N–H and O–H groups in total. The van der Waals surface area contributed by atoms with Crippen LogP contribution in [0.3, 0.4) is 0 Å². The molecular formula is C21H23Cl2N3O4. The number of hydrogen-bond acceptors (Lipinski definition) is 4. The average molecular weight is 452 g/mol. The summed E-state index contributed by atoms with van der Waals surface area (Å²) in [6, 6.07) is 12.5. The van der Waals surface area contributed by atoms with Crippen molar-refractivity contribution in [3.63, 3.8) is 0 Å². The summed E-state index contributed by atoms with van der Waals surface area (Å²) in [6.45, 7) is 3.84. The van der Waals surface area contributed by atoms with Gasteiger partial charge >= 0.3 is 5.97 Å². The Hall–Kier alpha value is -2.61. The number of aliphatic carboxylic acids is 1. The fourth-order valence-corrected chi connectivity index (χ4v) is 3.22. The van der Waals surface area contributed by atoms with Crippen molar-refractivity contribution in [2.45, 2.75) is 31.8 Å². The van der Waals surface area contributed by atoms with Crippen LogP contribution in [0.25, 0.3) is 11.1 Å². The molecule has 0 aliphatic rings. The van der Waals surface area contributed by atoms with E-state index in [0.29, 0.717) is 5.56 Å². The summed E-state index contributed by atoms with van der Waals surface area (Å²) in [5.41, 5.74) is 4.18. The molecule has 0 bridgehead atoms. The van der Waals surface area contributed by atoms with Gasteiger partial charge in [0.05, 0.1) is 27.7 Å². The largest absolute Gasteiger partial charge is 0.479 e. The minimum absolute atomic E-state index is 0.0593. The third kappa shape index (κ3) is 5.50. The number of rotatable bonds is 7. The summed E-state index contributed by atoms with van der Waals surface area (Å²) in [6.07, 6.45) is 0. The standard InChI is InChI=1S/C21H23Cl2N3O4/c1-20(2,24)18(28)25-11-21(3,19(29)30)26-17(27)16-14(22)9-13(10-15(16)23)12-7-5-4-6-8-12/h4-10H,11,24H2,1-3H3,(H,25,28)(H,26,27)(H,29,30)/t21-/m1/s1. The molecule has 30 heavy (non-hydrogen) atoms. The molecule has 2 rings (SSSR count). The Bertz CT molecular complexity index is 951. The van der Waals surface area contributed by atoms with Gasteiger partial charge in [-0.15, -0.1) is 0 Å². The van der Waals surface area contributed by atoms with E-state index in [0.717, 1.165) is 5.56 Å². The first-order valence-electron chi connectivity index (χ1n) is 9.03. The van der Waals surface area contributed by atoms with E-state index >= 15 is 0 Å². The lowest BCUT2D eigenvalue weighted by Crippen LogP contribution is -2.61. The Kier molecular flexibility index (Phi) is 7.13. The third-order valence-electron chi connectivity index (χ3n) is 4.43. The highest BCUT2D eigenvalue weighted by atomic mass is 35.5. The third-order valence-corrected chi connectivity index (χ3v) is 5.02. The first kappa shape index (κ1) is 23.7. The molecule has 2 amide bonds. The van der Waals surface area contributed by atoms with Gasteiger partial charge in [-0.3, -0.25) is 9.59 Å². The van der Waals surface area contributed by atoms with Crippen LogP contribution in [-0.4, -0.2) is 40.5 Å². The topological polar surface area (TPSA) is 122 Å². The van der Waals surface area contributed by atoms with E-state index in [-0.39, 0.29) is 22.2 Å². The molecule has 2 aromatic rings. The quantitative estimate of drug-likeness (QED) is 0.515. The van der Waals surface area contributed by atoms with Gasteiger partial charge in [-0.1, -0.05) is 53.5 Å². The molecule has 160 valence electrons. The normalized spacial score (nSPS) is 13.3. The molecule has 7 nitrogen and oxygen atoms in total. The molecular weight excluding hydrogens is 429 g/mol. The highest BCUT2D eigenvalue weighted by molar-refractivity contribution is 6.40. The number of hydrogen-bond donors (Lipinski definition) is 4. The molecule has 0 spiro atoms. The molecule has 0 aromatic heterocycles. The lowest BCUT2D eigenvalue weighted by molar-refractivity contribution is -0.143. The number of carboxylic acids is 1. The van der Waals surface area contributed by atoms with Crippen molar-refractivity contribution in [2.24, 2.45) is 5.73 Å². The summed E-state index contributed by atoms with van der Waals surface area (Å²) in [5, 5.41) is 14.6. The second-order valence-corrected chi connectivity index (χ2v) is 8.49. The molecule has 0 aliphatic heterocycles. The van der Waals surface area contributed by atoms with Crippen molar-refractivity contribution < 1.29 is 19.5 Å². The van der Waals surface area contributed by atoms with Gasteiger partial charge in [0.1, 0.15) is 0 Å². The first-order valence-corrected chi connectivity index (χ1v) is 9.78. The SMILES string of the molecule is CC(C)(N)C(=O)NC[C@@](C)(NC(=O)c1c(Cl)cc(-c2ccccc2)cc1Cl)C(=O)O. The van der Waals surface area contributed by atoms with Crippen molar-refractivity contribution in [1.82, 2.24) is 10.6 Å². The highest BCUT2D eigenvalue weighted by Gasteiger charge is 2.37. The predicted molar refractivity (Wildman–Crippen MR) is 117 cm³/mol. The van der Waals surface area contributed by atoms with Crippen molar-refractivity contribution in [3.8, 4) is 11.1 Å². The number of amides is 2. The van der Waals surface area contributed by atoms with Crippen molar-refractivity contribution >= 4 is 41.0 Å². The minimum atomic E-state index is -1.82. The number of halogens is 2. The molecule has 0 saturated carbocycles. The van der Waals surface area contributed by atoms with Crippen LogP contribution in [-0.2, 0) is 9.59 Å². The smallest absolute Gasteiger partial charge is 0.330 e. The molecule has 0 unspecified atom stereocenters. The lowest BCUT2D eigenvalue weighted by Gasteiger charge is -2.28. The van der Waals surface area contributed by atoms with Gasteiger partial charge in [-0.25, -0.2) is 4.79 Å². The van der Waals surface area contributed by atoms with E-state index in [4.69, 9.17) is 28.9 Å². The van der Waals surface area contributed by atoms with Gasteiger partial charge in [0.2, 0.25) is 5.91 Å². The van der Waals surface area contributed by atoms with E-state index in [2.05, 4.69) is 10.6 Å². The number of carbonyl (C=O) groups is 3. The van der Waals surface area contributed by atoms with Crippen LogP contribution in [0.15, 0.2) is 42.5 Å². The van der Waals surface area contributed by atoms with Gasteiger partial charge in [-0.05, 0) is 44.0 Å². The lowest BCUT2D eigenvalue weighted by atomic mass is 9.99. The average Bonchev–Trinajstić information content (AvgIpc) is 2.65. The molecule has 2 aromatic carbocycles. The highest BCUT2D eigenvalue weighted by Crippen LogP contribution is 2.32. The zero-order valence-electron chi connectivity index (χ0n) is 16.8. The van der Waals surface area contributed by atoms with Gasteiger partial charge in [0.15, 0.2) is 5.54 Å². The second-order valence-electron chi connectivity index (χ2n) is 7.68. The zero-order valence-corrected chi connectivity index (χ0v) is 18.3. The van der Waals surface area contributed by atoms with Crippen molar-refractivity contribution in [3.05, 3.63) is 58.1 Å². The Morgan fingerprint density at radius 3 is 2.00 bits per heavy atom. The van der Waals surface area contributed by atoms with Crippen LogP contribution < -0.4 is 16.4 Å². The van der Waals surface area contributed by atoms with Crippen LogP contribution in [0, 0.1) is 0 Å². The molecule has 0 fully saturated rings. The van der Waals surface area contributed by atoms with Gasteiger partial charge in [0, 0.05) is 0 Å². The van der Waals surface area contributed by atoms with Crippen LogP contribution in [0.5, 0.6) is 0 Å². The number of carboxylic acid groups (broad SMARTS) is 1. The molecule has 9 heteroatoms. The van der Waals surface area contributed by atoms with Crippen molar-refractivity contribution in [2.75, 3.05) is 6.54 Å². The van der Waals surface area contributed by atoms with E-state index < -0.39 is 28.9 Å². The van der Waals surface area contributed by atoms with Crippen LogP contribution >= 0.6 is 23.2 Å². The Morgan fingerprint density at radius 1 is 1.00 bits per heavy atom. The summed E-state index contributed by atoms with van der Waals surface area (Å²) in [5.74, 6) is -2.69. The van der Waals surface area contributed by atoms with E-state index in [9.17, 15) is 19.5 Å². The van der Waals surface area contributed by atoms with Crippen molar-refractivity contribution in [1.29, 1.82) is 0 Å². The molecule has 0 aliphatic carbocycles. The van der Waals surface area contributed by atoms with Gasteiger partial charge in [-0.2, -0.15) is 0 Å². The maximum atomic E-state index is 12.8. The van der Waals surface area contributed by atoms with Crippen LogP contribution in [0.1, 0.15) is 31.1 Å². The molecule has 0 radical (unpaired) electrons. The summed E-state index contributed by atoms with van der Waals surface area (Å²) < 4.78 is 0. The first-order chi connectivity index (χ1) is 13.8. The van der Waals surface area contributed by atoms with Crippen LogP contribution in [0.2, 0.25) is 10.0 Å². The molecule has 0 saturated heterocycles. The maximum absolute atomic E-state index is 12.8. The number of benzene rings is 2. The minimum Gasteiger partial charge on any atom is -0.479 e. The van der Waals surface area contributed by atoms with E-state index in [1.54, 1.807) is 12.1 Å². The van der Waals surface area contributed by atoms with E-state index in [1.165, 1.54) is 20.8 Å². The zero-order chi connectivity index (χ0) is 22.7. The van der Waals surface area contributed by atoms with Gasteiger partial charge in [0.25, 0.3) is 5.91 Å². The predicted octanol–water partition coefficient (Wildman–Crippen LogP) is 3.09. The Balaban J connectivity index is 2.28. The molecule has 0 heterocycles. The van der Waals surface area contributed by atoms with E-state index in [1.807, 2.05) is 30.3 Å². The Labute approximate surface area is 184 Å². The fourth-order valence-electron chi connectivity index (χ4n) is 2.56.